The third-order valence-corrected chi connectivity index (χ3v) is 5.99. The molecule has 2 rings (SSSR count). The zero-order valence-electron chi connectivity index (χ0n) is 12.3. The molecule has 0 aliphatic rings. The fourth-order valence-electron chi connectivity index (χ4n) is 1.94. The topological polar surface area (TPSA) is 32.3 Å². The van der Waals surface area contributed by atoms with Crippen LogP contribution >= 0.6 is 38.9 Å². The molecule has 21 heavy (non-hydrogen) atoms. The molecule has 0 aliphatic carbocycles. The number of hydrogen-bond acceptors (Lipinski definition) is 3. The van der Waals surface area contributed by atoms with Crippen LogP contribution in [-0.2, 0) is 5.41 Å². The van der Waals surface area contributed by atoms with E-state index >= 15 is 0 Å². The van der Waals surface area contributed by atoms with Crippen molar-refractivity contribution in [1.82, 2.24) is 0 Å². The predicted octanol–water partition coefficient (Wildman–Crippen LogP) is 5.61. The Balaban J connectivity index is 2.19. The molecule has 1 unspecified atom stereocenters. The highest BCUT2D eigenvalue weighted by Gasteiger charge is 2.19. The molecule has 0 spiro atoms. The summed E-state index contributed by atoms with van der Waals surface area (Å²) in [6.45, 7) is 6.63. The van der Waals surface area contributed by atoms with Crippen molar-refractivity contribution in [3.05, 3.63) is 49.6 Å². The third kappa shape index (κ3) is 4.22. The molecule has 0 fully saturated rings. The minimum atomic E-state index is -0.112. The van der Waals surface area contributed by atoms with Gasteiger partial charge in [-0.25, -0.2) is 0 Å². The SMILES string of the molecule is CC(C)(C)c1ccc(C(CO)Nc2ccc(Cl)c(Br)c2)s1. The van der Waals surface area contributed by atoms with E-state index < -0.39 is 0 Å². The highest BCUT2D eigenvalue weighted by atomic mass is 79.9. The molecule has 5 heteroatoms. The predicted molar refractivity (Wildman–Crippen MR) is 95.6 cm³/mol. The van der Waals surface area contributed by atoms with Crippen molar-refractivity contribution in [2.24, 2.45) is 0 Å². The lowest BCUT2D eigenvalue weighted by Gasteiger charge is -2.18. The van der Waals surface area contributed by atoms with E-state index in [1.807, 2.05) is 18.2 Å². The van der Waals surface area contributed by atoms with Crippen molar-refractivity contribution < 1.29 is 5.11 Å². The Bertz CT molecular complexity index is 621. The van der Waals surface area contributed by atoms with Gasteiger partial charge in [-0.2, -0.15) is 0 Å². The van der Waals surface area contributed by atoms with E-state index in [2.05, 4.69) is 54.2 Å². The van der Waals surface area contributed by atoms with E-state index in [1.165, 1.54) is 4.88 Å². The van der Waals surface area contributed by atoms with Crippen molar-refractivity contribution in [1.29, 1.82) is 0 Å². The normalized spacial score (nSPS) is 13.2. The first-order valence-corrected chi connectivity index (χ1v) is 8.72. The third-order valence-electron chi connectivity index (χ3n) is 3.15. The molecule has 2 aromatic rings. The molecule has 0 saturated heterocycles. The van der Waals surface area contributed by atoms with Gasteiger partial charge in [0.2, 0.25) is 0 Å². The van der Waals surface area contributed by atoms with Crippen LogP contribution in [0.4, 0.5) is 5.69 Å². The summed E-state index contributed by atoms with van der Waals surface area (Å²) >= 11 is 11.2. The smallest absolute Gasteiger partial charge is 0.0837 e. The summed E-state index contributed by atoms with van der Waals surface area (Å²) in [5, 5.41) is 13.7. The number of nitrogens with one attached hydrogen (secondary N) is 1. The van der Waals surface area contributed by atoms with Gasteiger partial charge in [0.05, 0.1) is 17.7 Å². The van der Waals surface area contributed by atoms with Gasteiger partial charge in [0.25, 0.3) is 0 Å². The lowest BCUT2D eigenvalue weighted by molar-refractivity contribution is 0.278. The van der Waals surface area contributed by atoms with Gasteiger partial charge in [-0.1, -0.05) is 32.4 Å². The largest absolute Gasteiger partial charge is 0.394 e. The van der Waals surface area contributed by atoms with E-state index in [0.29, 0.717) is 5.02 Å². The quantitative estimate of drug-likeness (QED) is 0.713. The molecule has 1 aromatic heterocycles. The second-order valence-corrected chi connectivity index (χ2v) is 8.34. The Morgan fingerprint density at radius 2 is 2.00 bits per heavy atom. The molecule has 2 nitrogen and oxygen atoms in total. The monoisotopic (exact) mass is 387 g/mol. The molecule has 1 atom stereocenters. The fourth-order valence-corrected chi connectivity index (χ4v) is 3.54. The minimum absolute atomic E-state index is 0.0460. The Morgan fingerprint density at radius 1 is 1.29 bits per heavy atom. The zero-order chi connectivity index (χ0) is 15.6. The molecule has 1 aromatic carbocycles. The van der Waals surface area contributed by atoms with E-state index in [1.54, 1.807) is 11.3 Å². The maximum Gasteiger partial charge on any atom is 0.0837 e. The molecule has 1 heterocycles. The van der Waals surface area contributed by atoms with Crippen LogP contribution in [0.25, 0.3) is 0 Å². The van der Waals surface area contributed by atoms with Gasteiger partial charge in [0, 0.05) is 19.9 Å². The average molecular weight is 389 g/mol. The Kier molecular flexibility index (Phi) is 5.36. The zero-order valence-corrected chi connectivity index (χ0v) is 15.4. The van der Waals surface area contributed by atoms with Crippen molar-refractivity contribution in [2.45, 2.75) is 32.2 Å². The van der Waals surface area contributed by atoms with Crippen LogP contribution in [0.15, 0.2) is 34.8 Å². The number of hydrogen-bond donors (Lipinski definition) is 2. The van der Waals surface area contributed by atoms with Gasteiger partial charge < -0.3 is 10.4 Å². The van der Waals surface area contributed by atoms with Crippen molar-refractivity contribution in [2.75, 3.05) is 11.9 Å². The van der Waals surface area contributed by atoms with Gasteiger partial charge in [0.15, 0.2) is 0 Å². The van der Waals surface area contributed by atoms with Crippen LogP contribution in [0.1, 0.15) is 36.6 Å². The van der Waals surface area contributed by atoms with E-state index in [-0.39, 0.29) is 18.1 Å². The van der Waals surface area contributed by atoms with Gasteiger partial charge in [-0.3, -0.25) is 0 Å². The Morgan fingerprint density at radius 3 is 2.52 bits per heavy atom. The van der Waals surface area contributed by atoms with Gasteiger partial charge in [-0.15, -0.1) is 11.3 Å². The van der Waals surface area contributed by atoms with Gasteiger partial charge in [0.1, 0.15) is 0 Å². The molecule has 114 valence electrons. The van der Waals surface area contributed by atoms with Gasteiger partial charge >= 0.3 is 0 Å². The lowest BCUT2D eigenvalue weighted by atomic mass is 9.95. The summed E-state index contributed by atoms with van der Waals surface area (Å²) < 4.78 is 0.840. The molecule has 0 radical (unpaired) electrons. The molecule has 0 saturated carbocycles. The highest BCUT2D eigenvalue weighted by Crippen LogP contribution is 2.34. The molecule has 2 N–H and O–H groups in total. The first kappa shape index (κ1) is 16.8. The Labute approximate surface area is 143 Å². The number of benzene rings is 1. The molecule has 0 bridgehead atoms. The van der Waals surface area contributed by atoms with Crippen LogP contribution in [0.5, 0.6) is 0 Å². The number of thiophene rings is 1. The summed E-state index contributed by atoms with van der Waals surface area (Å²) in [4.78, 5) is 2.45. The summed E-state index contributed by atoms with van der Waals surface area (Å²) in [6, 6.07) is 9.78. The lowest BCUT2D eigenvalue weighted by Crippen LogP contribution is -2.13. The van der Waals surface area contributed by atoms with Gasteiger partial charge in [-0.05, 0) is 51.7 Å². The number of aliphatic hydroxyl groups is 1. The molecule has 0 aliphatic heterocycles. The number of halogens is 2. The van der Waals surface area contributed by atoms with Crippen LogP contribution < -0.4 is 5.32 Å². The van der Waals surface area contributed by atoms with Crippen molar-refractivity contribution >= 4 is 44.6 Å². The van der Waals surface area contributed by atoms with E-state index in [4.69, 9.17) is 11.6 Å². The maximum atomic E-state index is 9.68. The second-order valence-electron chi connectivity index (χ2n) is 5.96. The number of anilines is 1. The van der Waals surface area contributed by atoms with Crippen LogP contribution in [-0.4, -0.2) is 11.7 Å². The van der Waals surface area contributed by atoms with Crippen LogP contribution in [0.3, 0.4) is 0 Å². The van der Waals surface area contributed by atoms with E-state index in [0.717, 1.165) is 15.0 Å². The first-order chi connectivity index (χ1) is 9.81. The Hall–Kier alpha value is -0.550. The van der Waals surface area contributed by atoms with Crippen molar-refractivity contribution in [3.8, 4) is 0 Å². The summed E-state index contributed by atoms with van der Waals surface area (Å²) in [5.41, 5.74) is 1.06. The van der Waals surface area contributed by atoms with Crippen LogP contribution in [0.2, 0.25) is 5.02 Å². The van der Waals surface area contributed by atoms with E-state index in [9.17, 15) is 5.11 Å². The molecular weight excluding hydrogens is 370 g/mol. The average Bonchev–Trinajstić information content (AvgIpc) is 2.89. The first-order valence-electron chi connectivity index (χ1n) is 6.74. The fraction of sp³-hybridized carbons (Fsp3) is 0.375. The summed E-state index contributed by atoms with van der Waals surface area (Å²) in [7, 11) is 0. The standard InChI is InChI=1S/C16H19BrClNOS/c1-16(2,3)15-7-6-14(21-15)13(9-20)19-10-4-5-12(18)11(17)8-10/h4-8,13,19-20H,9H2,1-3H3. The second kappa shape index (κ2) is 6.69. The molecular formula is C16H19BrClNOS. The molecule has 0 amide bonds. The number of aliphatic hydroxyl groups excluding tert-OH is 1. The number of rotatable bonds is 4. The summed E-state index contributed by atoms with van der Waals surface area (Å²) in [5.74, 6) is 0. The maximum absolute atomic E-state index is 9.68. The van der Waals surface area contributed by atoms with Crippen LogP contribution in [0, 0.1) is 0 Å². The minimum Gasteiger partial charge on any atom is -0.394 e. The summed E-state index contributed by atoms with van der Waals surface area (Å²) in [6.07, 6.45) is 0. The van der Waals surface area contributed by atoms with Crippen molar-refractivity contribution in [3.63, 3.8) is 0 Å². The highest BCUT2D eigenvalue weighted by molar-refractivity contribution is 9.10.